The van der Waals surface area contributed by atoms with Gasteiger partial charge in [0, 0.05) is 12.5 Å². The van der Waals surface area contributed by atoms with Crippen LogP contribution in [0.5, 0.6) is 0 Å². The highest BCUT2D eigenvalue weighted by atomic mass is 16.5. The second kappa shape index (κ2) is 6.72. The number of benzene rings is 2. The number of carbonyl (C=O) groups is 1. The van der Waals surface area contributed by atoms with Gasteiger partial charge in [0.2, 0.25) is 0 Å². The Morgan fingerprint density at radius 2 is 1.95 bits per heavy atom. The highest BCUT2D eigenvalue weighted by Gasteiger charge is 2.18. The van der Waals surface area contributed by atoms with Gasteiger partial charge in [0.1, 0.15) is 0 Å². The zero-order valence-electron chi connectivity index (χ0n) is 12.9. The van der Waals surface area contributed by atoms with Crippen LogP contribution in [0.2, 0.25) is 0 Å². The van der Waals surface area contributed by atoms with Crippen LogP contribution in [-0.4, -0.2) is 13.1 Å². The average molecular weight is 285 g/mol. The van der Waals surface area contributed by atoms with Crippen molar-refractivity contribution in [3.8, 4) is 0 Å². The molecule has 0 fully saturated rings. The lowest BCUT2D eigenvalue weighted by atomic mass is 9.89. The number of aryl methyl sites for hydroxylation is 1. The summed E-state index contributed by atoms with van der Waals surface area (Å²) in [6, 6.07) is 12.4. The molecule has 0 saturated carbocycles. The third-order valence-electron chi connectivity index (χ3n) is 3.96. The van der Waals surface area contributed by atoms with Crippen molar-refractivity contribution < 1.29 is 9.53 Å². The smallest absolute Gasteiger partial charge is 0.305 e. The van der Waals surface area contributed by atoms with E-state index in [0.717, 1.165) is 6.42 Å². The fraction of sp³-hybridized carbons (Fsp3) is 0.389. The molecule has 0 spiro atoms. The maximum Gasteiger partial charge on any atom is 0.305 e. The summed E-state index contributed by atoms with van der Waals surface area (Å²) >= 11 is 0. The number of fused-ring (bicyclic) bond motifs is 1. The Balaban J connectivity index is 2.24. The number of carbonyl (C=O) groups excluding carboxylic acids is 1. The minimum atomic E-state index is -0.177. The molecule has 112 valence electrons. The van der Waals surface area contributed by atoms with Crippen molar-refractivity contribution in [2.24, 2.45) is 11.7 Å². The van der Waals surface area contributed by atoms with Crippen molar-refractivity contribution in [2.75, 3.05) is 7.11 Å². The highest BCUT2D eigenvalue weighted by Crippen LogP contribution is 2.30. The molecule has 2 aromatic carbocycles. The summed E-state index contributed by atoms with van der Waals surface area (Å²) in [6.07, 6.45) is 1.18. The molecule has 0 amide bonds. The van der Waals surface area contributed by atoms with Crippen molar-refractivity contribution >= 4 is 16.7 Å². The number of esters is 1. The minimum Gasteiger partial charge on any atom is -0.469 e. The third kappa shape index (κ3) is 3.61. The van der Waals surface area contributed by atoms with Gasteiger partial charge in [0.05, 0.1) is 7.11 Å². The lowest BCUT2D eigenvalue weighted by Crippen LogP contribution is -2.18. The Bertz CT molecular complexity index is 636. The zero-order chi connectivity index (χ0) is 15.4. The molecule has 0 bridgehead atoms. The summed E-state index contributed by atoms with van der Waals surface area (Å²) in [6.45, 7) is 4.13. The largest absolute Gasteiger partial charge is 0.469 e. The standard InChI is InChI=1S/C18H23NO2/c1-12(11-17(20)21-3)10-16(19)18-13(2)8-9-14-6-4-5-7-15(14)18/h4-9,12,16H,10-11,19H2,1-3H3. The van der Waals surface area contributed by atoms with Crippen molar-refractivity contribution in [1.29, 1.82) is 0 Å². The van der Waals surface area contributed by atoms with Gasteiger partial charge in [-0.2, -0.15) is 0 Å². The van der Waals surface area contributed by atoms with Gasteiger partial charge in [0.25, 0.3) is 0 Å². The van der Waals surface area contributed by atoms with Gasteiger partial charge in [-0.3, -0.25) is 4.79 Å². The molecule has 2 unspecified atom stereocenters. The molecule has 2 N–H and O–H groups in total. The molecule has 0 aromatic heterocycles. The molecule has 0 saturated heterocycles. The Morgan fingerprint density at radius 1 is 1.24 bits per heavy atom. The molecule has 0 aliphatic rings. The van der Waals surface area contributed by atoms with Gasteiger partial charge < -0.3 is 10.5 Å². The fourth-order valence-corrected chi connectivity index (χ4v) is 2.90. The zero-order valence-corrected chi connectivity index (χ0v) is 12.9. The van der Waals surface area contributed by atoms with Gasteiger partial charge >= 0.3 is 5.97 Å². The Labute approximate surface area is 126 Å². The molecule has 21 heavy (non-hydrogen) atoms. The van der Waals surface area contributed by atoms with E-state index in [1.54, 1.807) is 0 Å². The number of hydrogen-bond donors (Lipinski definition) is 1. The lowest BCUT2D eigenvalue weighted by Gasteiger charge is -2.20. The van der Waals surface area contributed by atoms with Crippen LogP contribution >= 0.6 is 0 Å². The number of hydrogen-bond acceptors (Lipinski definition) is 3. The normalized spacial score (nSPS) is 13.9. The maximum absolute atomic E-state index is 11.4. The van der Waals surface area contributed by atoms with E-state index in [1.807, 2.05) is 19.1 Å². The lowest BCUT2D eigenvalue weighted by molar-refractivity contribution is -0.141. The monoisotopic (exact) mass is 285 g/mol. The van der Waals surface area contributed by atoms with Crippen molar-refractivity contribution in [1.82, 2.24) is 0 Å². The van der Waals surface area contributed by atoms with E-state index in [2.05, 4.69) is 31.2 Å². The highest BCUT2D eigenvalue weighted by molar-refractivity contribution is 5.87. The summed E-state index contributed by atoms with van der Waals surface area (Å²) in [5.41, 5.74) is 8.81. The topological polar surface area (TPSA) is 52.3 Å². The fourth-order valence-electron chi connectivity index (χ4n) is 2.90. The first-order chi connectivity index (χ1) is 10.0. The van der Waals surface area contributed by atoms with Gasteiger partial charge in [-0.1, -0.05) is 43.3 Å². The second-order valence-electron chi connectivity index (χ2n) is 5.74. The van der Waals surface area contributed by atoms with E-state index in [1.165, 1.54) is 29.0 Å². The molecule has 2 aromatic rings. The molecule has 0 aliphatic carbocycles. The first-order valence-electron chi connectivity index (χ1n) is 7.33. The van der Waals surface area contributed by atoms with Crippen LogP contribution in [0, 0.1) is 12.8 Å². The summed E-state index contributed by atoms with van der Waals surface area (Å²) in [7, 11) is 1.42. The number of ether oxygens (including phenoxy) is 1. The van der Waals surface area contributed by atoms with Crippen molar-refractivity contribution in [2.45, 2.75) is 32.7 Å². The molecular formula is C18H23NO2. The molecule has 3 heteroatoms. The molecule has 2 atom stereocenters. The van der Waals surface area contributed by atoms with E-state index in [0.29, 0.717) is 6.42 Å². The molecule has 0 heterocycles. The third-order valence-corrected chi connectivity index (χ3v) is 3.96. The average Bonchev–Trinajstić information content (AvgIpc) is 2.46. The van der Waals surface area contributed by atoms with E-state index in [-0.39, 0.29) is 17.9 Å². The van der Waals surface area contributed by atoms with Crippen LogP contribution in [0.1, 0.15) is 36.9 Å². The predicted octanol–water partition coefficient (Wildman–Crippen LogP) is 3.74. The van der Waals surface area contributed by atoms with E-state index >= 15 is 0 Å². The summed E-state index contributed by atoms with van der Waals surface area (Å²) in [5.74, 6) is 0.0233. The van der Waals surface area contributed by atoms with Crippen LogP contribution in [0.4, 0.5) is 0 Å². The molecule has 0 radical (unpaired) electrons. The van der Waals surface area contributed by atoms with E-state index < -0.39 is 0 Å². The Hall–Kier alpha value is -1.87. The van der Waals surface area contributed by atoms with Crippen LogP contribution in [0.15, 0.2) is 36.4 Å². The maximum atomic E-state index is 11.4. The summed E-state index contributed by atoms with van der Waals surface area (Å²) in [5, 5.41) is 2.41. The van der Waals surface area contributed by atoms with Gasteiger partial charge in [0.15, 0.2) is 0 Å². The first kappa shape index (κ1) is 15.5. The summed E-state index contributed by atoms with van der Waals surface area (Å²) in [4.78, 5) is 11.4. The first-order valence-corrected chi connectivity index (χ1v) is 7.33. The molecule has 2 rings (SSSR count). The Kier molecular flexibility index (Phi) is 4.97. The van der Waals surface area contributed by atoms with Gasteiger partial charge in [-0.25, -0.2) is 0 Å². The second-order valence-corrected chi connectivity index (χ2v) is 5.74. The van der Waals surface area contributed by atoms with Gasteiger partial charge in [-0.15, -0.1) is 0 Å². The summed E-state index contributed by atoms with van der Waals surface area (Å²) < 4.78 is 4.72. The predicted molar refractivity (Wildman–Crippen MR) is 86.0 cm³/mol. The number of nitrogens with two attached hydrogens (primary N) is 1. The van der Waals surface area contributed by atoms with Crippen LogP contribution < -0.4 is 5.73 Å². The van der Waals surface area contributed by atoms with Crippen LogP contribution in [0.25, 0.3) is 10.8 Å². The van der Waals surface area contributed by atoms with Crippen LogP contribution in [0.3, 0.4) is 0 Å². The van der Waals surface area contributed by atoms with Gasteiger partial charge in [-0.05, 0) is 41.2 Å². The molecule has 0 aliphatic heterocycles. The quantitative estimate of drug-likeness (QED) is 0.851. The van der Waals surface area contributed by atoms with Crippen LogP contribution in [-0.2, 0) is 9.53 Å². The van der Waals surface area contributed by atoms with E-state index in [4.69, 9.17) is 10.5 Å². The molecule has 3 nitrogen and oxygen atoms in total. The minimum absolute atomic E-state index is 0.0734. The molecular weight excluding hydrogens is 262 g/mol. The SMILES string of the molecule is COC(=O)CC(C)CC(N)c1c(C)ccc2ccccc12. The van der Waals surface area contributed by atoms with Crippen molar-refractivity contribution in [3.63, 3.8) is 0 Å². The number of rotatable bonds is 5. The van der Waals surface area contributed by atoms with E-state index in [9.17, 15) is 4.79 Å². The number of methoxy groups -OCH3 is 1. The van der Waals surface area contributed by atoms with Crippen molar-refractivity contribution in [3.05, 3.63) is 47.5 Å². The Morgan fingerprint density at radius 3 is 2.67 bits per heavy atom.